The van der Waals surface area contributed by atoms with E-state index in [9.17, 15) is 4.79 Å². The molecule has 0 unspecified atom stereocenters. The fourth-order valence-corrected chi connectivity index (χ4v) is 4.28. The molecule has 0 radical (unpaired) electrons. The molecule has 0 saturated carbocycles. The summed E-state index contributed by atoms with van der Waals surface area (Å²) < 4.78 is 6.02. The second kappa shape index (κ2) is 7.91. The van der Waals surface area contributed by atoms with E-state index in [0.717, 1.165) is 62.6 Å². The van der Waals surface area contributed by atoms with Gasteiger partial charge >= 0.3 is 0 Å². The summed E-state index contributed by atoms with van der Waals surface area (Å²) in [7, 11) is 4.05. The van der Waals surface area contributed by atoms with E-state index in [-0.39, 0.29) is 5.91 Å². The van der Waals surface area contributed by atoms with Crippen LogP contribution in [0.2, 0.25) is 0 Å². The molecule has 2 aliphatic rings. The highest BCUT2D eigenvalue weighted by Gasteiger charge is 2.34. The molecule has 0 aliphatic carbocycles. The van der Waals surface area contributed by atoms with E-state index < -0.39 is 0 Å². The summed E-state index contributed by atoms with van der Waals surface area (Å²) in [6.07, 6.45) is 3.16. The summed E-state index contributed by atoms with van der Waals surface area (Å²) in [5, 5.41) is 8.62. The zero-order valence-electron chi connectivity index (χ0n) is 17.0. The highest BCUT2D eigenvalue weighted by atomic mass is 16.4. The van der Waals surface area contributed by atoms with Crippen molar-refractivity contribution in [2.75, 3.05) is 45.2 Å². The molecular weight excluding hydrogens is 354 g/mol. The number of anilines is 1. The van der Waals surface area contributed by atoms with Gasteiger partial charge in [0, 0.05) is 57.9 Å². The van der Waals surface area contributed by atoms with Crippen LogP contribution in [0.15, 0.2) is 28.7 Å². The normalized spacial score (nSPS) is 21.2. The standard InChI is InChI=1S/C21H29N5O2/c1-15(27)25-12-9-19(10-13-25)26-11-8-17(14-26)21-23-22-20(28-21)16-4-6-18(7-5-16)24(2)3/h4-7,17,19H,8-14H2,1-3H3/t17-/m0/s1. The van der Waals surface area contributed by atoms with Crippen LogP contribution in [0.4, 0.5) is 5.69 Å². The second-order valence-corrected chi connectivity index (χ2v) is 8.10. The molecule has 2 aromatic rings. The van der Waals surface area contributed by atoms with Crippen LogP contribution in [0.25, 0.3) is 11.5 Å². The summed E-state index contributed by atoms with van der Waals surface area (Å²) in [4.78, 5) is 18.1. The lowest BCUT2D eigenvalue weighted by Gasteiger charge is -2.36. The number of hydrogen-bond acceptors (Lipinski definition) is 6. The van der Waals surface area contributed by atoms with Crippen molar-refractivity contribution in [1.82, 2.24) is 20.0 Å². The van der Waals surface area contributed by atoms with Crippen LogP contribution in [0, 0.1) is 0 Å². The van der Waals surface area contributed by atoms with Crippen LogP contribution in [0.3, 0.4) is 0 Å². The molecule has 1 aromatic heterocycles. The topological polar surface area (TPSA) is 65.7 Å². The summed E-state index contributed by atoms with van der Waals surface area (Å²) >= 11 is 0. The third-order valence-corrected chi connectivity index (χ3v) is 6.07. The average molecular weight is 383 g/mol. The molecule has 3 heterocycles. The molecular formula is C21H29N5O2. The van der Waals surface area contributed by atoms with Crippen molar-refractivity contribution in [3.05, 3.63) is 30.2 Å². The van der Waals surface area contributed by atoms with Gasteiger partial charge < -0.3 is 14.2 Å². The number of amides is 1. The van der Waals surface area contributed by atoms with Gasteiger partial charge in [0.1, 0.15) is 0 Å². The fraction of sp³-hybridized carbons (Fsp3) is 0.571. The van der Waals surface area contributed by atoms with E-state index in [1.165, 1.54) is 0 Å². The van der Waals surface area contributed by atoms with Gasteiger partial charge in [-0.25, -0.2) is 0 Å². The Balaban J connectivity index is 1.37. The van der Waals surface area contributed by atoms with Gasteiger partial charge in [-0.2, -0.15) is 0 Å². The van der Waals surface area contributed by atoms with Gasteiger partial charge in [0.25, 0.3) is 0 Å². The summed E-state index contributed by atoms with van der Waals surface area (Å²) in [6.45, 7) is 5.42. The van der Waals surface area contributed by atoms with E-state index in [2.05, 4.69) is 32.1 Å². The van der Waals surface area contributed by atoms with Gasteiger partial charge in [0.05, 0.1) is 5.92 Å². The van der Waals surface area contributed by atoms with Crippen LogP contribution in [0.1, 0.15) is 38.0 Å². The zero-order chi connectivity index (χ0) is 19.7. The zero-order valence-corrected chi connectivity index (χ0v) is 17.0. The number of carbonyl (C=O) groups is 1. The van der Waals surface area contributed by atoms with Gasteiger partial charge in [-0.15, -0.1) is 10.2 Å². The van der Waals surface area contributed by atoms with Crippen molar-refractivity contribution >= 4 is 11.6 Å². The first-order valence-corrected chi connectivity index (χ1v) is 10.1. The Morgan fingerprint density at radius 1 is 1.07 bits per heavy atom. The molecule has 1 atom stereocenters. The Morgan fingerprint density at radius 3 is 2.43 bits per heavy atom. The van der Waals surface area contributed by atoms with Crippen molar-refractivity contribution in [3.8, 4) is 11.5 Å². The molecule has 150 valence electrons. The average Bonchev–Trinajstić information content (AvgIpc) is 3.38. The van der Waals surface area contributed by atoms with Crippen LogP contribution < -0.4 is 4.90 Å². The molecule has 28 heavy (non-hydrogen) atoms. The molecule has 2 saturated heterocycles. The van der Waals surface area contributed by atoms with Crippen molar-refractivity contribution in [2.45, 2.75) is 38.1 Å². The first kappa shape index (κ1) is 18.9. The lowest BCUT2D eigenvalue weighted by Crippen LogP contribution is -2.45. The Kier molecular flexibility index (Phi) is 5.35. The van der Waals surface area contributed by atoms with E-state index in [1.807, 2.05) is 31.1 Å². The minimum Gasteiger partial charge on any atom is -0.420 e. The van der Waals surface area contributed by atoms with Gasteiger partial charge in [-0.05, 0) is 50.1 Å². The molecule has 0 spiro atoms. The van der Waals surface area contributed by atoms with Gasteiger partial charge in [0.2, 0.25) is 17.7 Å². The van der Waals surface area contributed by atoms with E-state index in [1.54, 1.807) is 6.92 Å². The van der Waals surface area contributed by atoms with Crippen LogP contribution in [-0.2, 0) is 4.79 Å². The van der Waals surface area contributed by atoms with Gasteiger partial charge in [0.15, 0.2) is 0 Å². The highest BCUT2D eigenvalue weighted by Crippen LogP contribution is 2.32. The second-order valence-electron chi connectivity index (χ2n) is 8.10. The monoisotopic (exact) mass is 383 g/mol. The summed E-state index contributed by atoms with van der Waals surface area (Å²) in [6, 6.07) is 8.72. The minimum absolute atomic E-state index is 0.190. The molecule has 2 fully saturated rings. The van der Waals surface area contributed by atoms with Crippen LogP contribution in [-0.4, -0.2) is 72.2 Å². The Morgan fingerprint density at radius 2 is 1.79 bits per heavy atom. The first-order valence-electron chi connectivity index (χ1n) is 10.1. The van der Waals surface area contributed by atoms with Gasteiger partial charge in [-0.1, -0.05) is 0 Å². The molecule has 4 rings (SSSR count). The molecule has 1 aromatic carbocycles. The fourth-order valence-electron chi connectivity index (χ4n) is 4.28. The molecule has 2 aliphatic heterocycles. The maximum atomic E-state index is 11.5. The maximum absolute atomic E-state index is 11.5. The number of benzene rings is 1. The Hall–Kier alpha value is -2.41. The van der Waals surface area contributed by atoms with Crippen molar-refractivity contribution in [3.63, 3.8) is 0 Å². The lowest BCUT2D eigenvalue weighted by atomic mass is 10.0. The van der Waals surface area contributed by atoms with E-state index in [4.69, 9.17) is 4.42 Å². The van der Waals surface area contributed by atoms with Crippen LogP contribution in [0.5, 0.6) is 0 Å². The number of piperidine rings is 1. The molecule has 7 nitrogen and oxygen atoms in total. The van der Waals surface area contributed by atoms with Crippen molar-refractivity contribution in [1.29, 1.82) is 0 Å². The van der Waals surface area contributed by atoms with Gasteiger partial charge in [-0.3, -0.25) is 9.69 Å². The smallest absolute Gasteiger partial charge is 0.247 e. The van der Waals surface area contributed by atoms with E-state index >= 15 is 0 Å². The third kappa shape index (κ3) is 3.90. The largest absolute Gasteiger partial charge is 0.420 e. The maximum Gasteiger partial charge on any atom is 0.247 e. The van der Waals surface area contributed by atoms with Crippen molar-refractivity contribution in [2.24, 2.45) is 0 Å². The molecule has 0 N–H and O–H groups in total. The summed E-state index contributed by atoms with van der Waals surface area (Å²) in [5.74, 6) is 1.83. The minimum atomic E-state index is 0.190. The van der Waals surface area contributed by atoms with Crippen LogP contribution >= 0.6 is 0 Å². The predicted octanol–water partition coefficient (Wildman–Crippen LogP) is 2.60. The SMILES string of the molecule is CC(=O)N1CCC(N2CC[C@H](c3nnc(-c4ccc(N(C)C)cc4)o3)C2)CC1. The number of hydrogen-bond donors (Lipinski definition) is 0. The number of nitrogens with zero attached hydrogens (tertiary/aromatic N) is 5. The molecule has 7 heteroatoms. The number of likely N-dealkylation sites (tertiary alicyclic amines) is 2. The number of aromatic nitrogens is 2. The Bertz CT molecular complexity index is 808. The van der Waals surface area contributed by atoms with E-state index in [0.29, 0.717) is 17.9 Å². The third-order valence-electron chi connectivity index (χ3n) is 6.07. The quantitative estimate of drug-likeness (QED) is 0.809. The number of rotatable bonds is 4. The molecule has 0 bridgehead atoms. The first-order chi connectivity index (χ1) is 13.5. The summed E-state index contributed by atoms with van der Waals surface area (Å²) in [5.41, 5.74) is 2.10. The number of carbonyl (C=O) groups excluding carboxylic acids is 1. The van der Waals surface area contributed by atoms with Crippen molar-refractivity contribution < 1.29 is 9.21 Å². The molecule has 1 amide bonds. The Labute approximate surface area is 166 Å². The highest BCUT2D eigenvalue weighted by molar-refractivity contribution is 5.73. The predicted molar refractivity (Wildman–Crippen MR) is 108 cm³/mol. The lowest BCUT2D eigenvalue weighted by molar-refractivity contribution is -0.130.